The maximum atomic E-state index is 12.8. The van der Waals surface area contributed by atoms with Gasteiger partial charge in [-0.1, -0.05) is 6.07 Å². The van der Waals surface area contributed by atoms with E-state index in [1.807, 2.05) is 0 Å². The van der Waals surface area contributed by atoms with E-state index in [-0.39, 0.29) is 13.3 Å². The molecule has 2 N–H and O–H groups in total. The lowest BCUT2D eigenvalue weighted by Crippen LogP contribution is -2.35. The van der Waals surface area contributed by atoms with Crippen molar-refractivity contribution in [1.29, 1.82) is 0 Å². The average Bonchev–Trinajstić information content (AvgIpc) is 3.18. The number of hydrogen-bond donors (Lipinski definition) is 2. The van der Waals surface area contributed by atoms with Gasteiger partial charge in [0.25, 0.3) is 5.91 Å². The van der Waals surface area contributed by atoms with E-state index in [1.165, 1.54) is 36.4 Å². The first-order valence-electron chi connectivity index (χ1n) is 8.56. The van der Waals surface area contributed by atoms with E-state index in [1.54, 1.807) is 18.2 Å². The monoisotopic (exact) mass is 400 g/mol. The van der Waals surface area contributed by atoms with E-state index in [4.69, 9.17) is 14.2 Å². The Morgan fingerprint density at radius 3 is 2.59 bits per heavy atom. The highest BCUT2D eigenvalue weighted by atomic mass is 19.1. The summed E-state index contributed by atoms with van der Waals surface area (Å²) in [5.41, 5.74) is 1.10. The summed E-state index contributed by atoms with van der Waals surface area (Å²) in [7, 11) is 0. The predicted molar refractivity (Wildman–Crippen MR) is 101 cm³/mol. The van der Waals surface area contributed by atoms with E-state index in [2.05, 4.69) is 10.6 Å². The molecule has 9 heteroatoms. The largest absolute Gasteiger partial charge is 0.454 e. The summed E-state index contributed by atoms with van der Waals surface area (Å²) in [6.45, 7) is -0.698. The van der Waals surface area contributed by atoms with Crippen LogP contribution in [0.5, 0.6) is 11.5 Å². The summed E-state index contributed by atoms with van der Waals surface area (Å²) in [4.78, 5) is 35.1. The topological polar surface area (TPSA) is 103 Å². The maximum Gasteiger partial charge on any atom is 0.331 e. The van der Waals surface area contributed by atoms with Gasteiger partial charge in [0.2, 0.25) is 12.7 Å². The van der Waals surface area contributed by atoms with Crippen LogP contribution in [0, 0.1) is 5.82 Å². The smallest absolute Gasteiger partial charge is 0.331 e. The van der Waals surface area contributed by atoms with Crippen LogP contribution in [0.1, 0.15) is 5.56 Å². The molecule has 0 aromatic heterocycles. The van der Waals surface area contributed by atoms with Gasteiger partial charge in [-0.15, -0.1) is 0 Å². The molecule has 2 aromatic carbocycles. The third-order valence-corrected chi connectivity index (χ3v) is 3.73. The fraction of sp³-hybridized carbons (Fsp3) is 0.150. The molecule has 2 aromatic rings. The van der Waals surface area contributed by atoms with Crippen LogP contribution in [0.3, 0.4) is 0 Å². The number of carbonyl (C=O) groups excluding carboxylic acids is 3. The summed E-state index contributed by atoms with van der Waals surface area (Å²) in [6, 6.07) is 10.3. The van der Waals surface area contributed by atoms with Crippen molar-refractivity contribution < 1.29 is 33.0 Å². The molecular weight excluding hydrogens is 383 g/mol. The third-order valence-electron chi connectivity index (χ3n) is 3.73. The van der Waals surface area contributed by atoms with E-state index in [0.717, 1.165) is 0 Å². The van der Waals surface area contributed by atoms with Crippen LogP contribution >= 0.6 is 0 Å². The Morgan fingerprint density at radius 1 is 1.03 bits per heavy atom. The van der Waals surface area contributed by atoms with Crippen molar-refractivity contribution in [2.45, 2.75) is 0 Å². The summed E-state index contributed by atoms with van der Waals surface area (Å²) < 4.78 is 28.1. The number of carbonyl (C=O) groups is 3. The minimum absolute atomic E-state index is 0.154. The third kappa shape index (κ3) is 6.06. The van der Waals surface area contributed by atoms with Crippen molar-refractivity contribution in [3.8, 4) is 11.5 Å². The Hall–Kier alpha value is -3.88. The maximum absolute atomic E-state index is 12.8. The number of anilines is 1. The van der Waals surface area contributed by atoms with Crippen molar-refractivity contribution >= 4 is 29.5 Å². The number of halogens is 1. The number of ether oxygens (including phenoxy) is 3. The number of nitrogens with one attached hydrogen (secondary N) is 2. The Balaban J connectivity index is 1.36. The van der Waals surface area contributed by atoms with Gasteiger partial charge in [0.05, 0.1) is 6.54 Å². The normalized spacial score (nSPS) is 11.9. The van der Waals surface area contributed by atoms with Gasteiger partial charge in [-0.3, -0.25) is 9.59 Å². The molecule has 1 heterocycles. The van der Waals surface area contributed by atoms with Crippen molar-refractivity contribution in [3.63, 3.8) is 0 Å². The molecular formula is C20H17FN2O6. The van der Waals surface area contributed by atoms with Gasteiger partial charge in [0, 0.05) is 11.8 Å². The highest BCUT2D eigenvalue weighted by Gasteiger charge is 2.12. The molecule has 29 heavy (non-hydrogen) atoms. The van der Waals surface area contributed by atoms with Crippen molar-refractivity contribution in [2.75, 3.05) is 25.3 Å². The first-order valence-corrected chi connectivity index (χ1v) is 8.56. The highest BCUT2D eigenvalue weighted by molar-refractivity contribution is 5.95. The molecule has 0 saturated carbocycles. The second kappa shape index (κ2) is 9.36. The Kier molecular flexibility index (Phi) is 6.41. The van der Waals surface area contributed by atoms with Gasteiger partial charge in [-0.05, 0) is 48.0 Å². The van der Waals surface area contributed by atoms with Crippen LogP contribution < -0.4 is 20.1 Å². The molecule has 8 nitrogen and oxygen atoms in total. The lowest BCUT2D eigenvalue weighted by molar-refractivity contribution is -0.143. The molecule has 0 aliphatic carbocycles. The van der Waals surface area contributed by atoms with E-state index in [9.17, 15) is 18.8 Å². The molecule has 0 saturated heterocycles. The van der Waals surface area contributed by atoms with Crippen LogP contribution in [0.15, 0.2) is 48.5 Å². The second-order valence-corrected chi connectivity index (χ2v) is 5.89. The number of hydrogen-bond acceptors (Lipinski definition) is 6. The minimum Gasteiger partial charge on any atom is -0.454 e. The number of amides is 2. The Labute approximate surface area is 165 Å². The molecule has 0 atom stereocenters. The summed E-state index contributed by atoms with van der Waals surface area (Å²) in [5.74, 6) is -1.06. The molecule has 0 spiro atoms. The molecule has 0 unspecified atom stereocenters. The standard InChI is InChI=1S/C20H17FN2O6/c21-14-3-5-15(6-4-14)23-18(24)10-22-19(25)11-27-20(26)8-2-13-1-7-16-17(9-13)29-12-28-16/h1-9H,10-12H2,(H,22,25)(H,23,24)/b8-2+. The van der Waals surface area contributed by atoms with Crippen LogP contribution in [0.2, 0.25) is 0 Å². The van der Waals surface area contributed by atoms with Crippen molar-refractivity contribution in [1.82, 2.24) is 5.32 Å². The average molecular weight is 400 g/mol. The number of rotatable bonds is 7. The lowest BCUT2D eigenvalue weighted by atomic mass is 10.2. The van der Waals surface area contributed by atoms with Crippen LogP contribution in [-0.4, -0.2) is 37.7 Å². The highest BCUT2D eigenvalue weighted by Crippen LogP contribution is 2.32. The van der Waals surface area contributed by atoms with Crippen LogP contribution in [0.25, 0.3) is 6.08 Å². The van der Waals surface area contributed by atoms with Gasteiger partial charge in [0.15, 0.2) is 18.1 Å². The summed E-state index contributed by atoms with van der Waals surface area (Å²) >= 11 is 0. The molecule has 1 aliphatic rings. The zero-order valence-corrected chi connectivity index (χ0v) is 15.1. The predicted octanol–water partition coefficient (Wildman–Crippen LogP) is 1.87. The molecule has 2 amide bonds. The Bertz CT molecular complexity index is 942. The first-order chi connectivity index (χ1) is 14.0. The lowest BCUT2D eigenvalue weighted by Gasteiger charge is -2.07. The second-order valence-electron chi connectivity index (χ2n) is 5.89. The van der Waals surface area contributed by atoms with E-state index < -0.39 is 30.2 Å². The SMILES string of the molecule is O=C(COC(=O)/C=C/c1ccc2c(c1)OCO2)NCC(=O)Nc1ccc(F)cc1. The molecule has 0 bridgehead atoms. The quantitative estimate of drug-likeness (QED) is 0.543. The fourth-order valence-corrected chi connectivity index (χ4v) is 2.33. The Morgan fingerprint density at radius 2 is 1.79 bits per heavy atom. The minimum atomic E-state index is -0.714. The first kappa shape index (κ1) is 19.9. The van der Waals surface area contributed by atoms with Crippen LogP contribution in [-0.2, 0) is 19.1 Å². The molecule has 1 aliphatic heterocycles. The van der Waals surface area contributed by atoms with Gasteiger partial charge >= 0.3 is 5.97 Å². The molecule has 150 valence electrons. The molecule has 0 fully saturated rings. The van der Waals surface area contributed by atoms with Crippen LogP contribution in [0.4, 0.5) is 10.1 Å². The fourth-order valence-electron chi connectivity index (χ4n) is 2.33. The van der Waals surface area contributed by atoms with Gasteiger partial charge in [-0.2, -0.15) is 0 Å². The van der Waals surface area contributed by atoms with E-state index >= 15 is 0 Å². The van der Waals surface area contributed by atoms with Gasteiger partial charge in [0.1, 0.15) is 5.82 Å². The zero-order chi connectivity index (χ0) is 20.6. The summed E-state index contributed by atoms with van der Waals surface area (Å²) in [5, 5.41) is 4.80. The van der Waals surface area contributed by atoms with Gasteiger partial charge < -0.3 is 24.8 Å². The zero-order valence-electron chi connectivity index (χ0n) is 15.1. The molecule has 3 rings (SSSR count). The van der Waals surface area contributed by atoms with Crippen molar-refractivity contribution in [3.05, 3.63) is 59.9 Å². The number of benzene rings is 2. The number of esters is 1. The number of fused-ring (bicyclic) bond motifs is 1. The molecule has 0 radical (unpaired) electrons. The van der Waals surface area contributed by atoms with E-state index in [0.29, 0.717) is 22.7 Å². The van der Waals surface area contributed by atoms with Gasteiger partial charge in [-0.25, -0.2) is 9.18 Å². The summed E-state index contributed by atoms with van der Waals surface area (Å²) in [6.07, 6.45) is 2.68. The van der Waals surface area contributed by atoms with Crippen molar-refractivity contribution in [2.24, 2.45) is 0 Å².